The molecule has 1 aromatic heterocycles. The number of carboxylic acid groups (broad SMARTS) is 1. The van der Waals surface area contributed by atoms with Crippen LogP contribution in [0.25, 0.3) is 16.5 Å². The molecule has 1 aliphatic heterocycles. The van der Waals surface area contributed by atoms with E-state index >= 15 is 0 Å². The quantitative estimate of drug-likeness (QED) is 0.449. The number of carbonyl (C=O) groups excluding carboxylic acids is 1. The van der Waals surface area contributed by atoms with Crippen LogP contribution < -0.4 is 0 Å². The number of aromatic nitrogens is 1. The number of nitrogens with zero attached hydrogens (tertiary/aromatic N) is 2. The van der Waals surface area contributed by atoms with Gasteiger partial charge in [0.15, 0.2) is 0 Å². The molecule has 4 rings (SSSR count). The number of piperidine rings is 1. The highest BCUT2D eigenvalue weighted by molar-refractivity contribution is 7.99. The number of fused-ring (bicyclic) bond motifs is 1. The van der Waals surface area contributed by atoms with Crippen LogP contribution in [0.3, 0.4) is 0 Å². The molecule has 0 unspecified atom stereocenters. The van der Waals surface area contributed by atoms with Crippen molar-refractivity contribution in [3.63, 3.8) is 0 Å². The first-order chi connectivity index (χ1) is 15.3. The van der Waals surface area contributed by atoms with Gasteiger partial charge in [0.25, 0.3) is 5.91 Å². The van der Waals surface area contributed by atoms with Gasteiger partial charge in [-0.25, -0.2) is 0 Å². The standard InChI is InChI=1S/C24H22Cl2N2O3S/c1-14(23(29)28-11-8-15(9-12-28)24(30)31)18-4-6-20(22(26)21(18)25)32-17-3-5-19-16(13-17)7-10-27(19)2/h3-7,10,13,15H,1,8-9,11-12H2,2H3,(H,30,31). The summed E-state index contributed by atoms with van der Waals surface area (Å²) < 4.78 is 2.06. The molecule has 0 atom stereocenters. The van der Waals surface area contributed by atoms with Crippen molar-refractivity contribution >= 4 is 63.3 Å². The first kappa shape index (κ1) is 22.8. The van der Waals surface area contributed by atoms with Gasteiger partial charge in [0.2, 0.25) is 0 Å². The van der Waals surface area contributed by atoms with Gasteiger partial charge < -0.3 is 14.6 Å². The lowest BCUT2D eigenvalue weighted by atomic mass is 9.96. The van der Waals surface area contributed by atoms with Crippen LogP contribution >= 0.6 is 35.0 Å². The second kappa shape index (κ2) is 9.22. The molecular formula is C24H22Cl2N2O3S. The molecule has 3 aromatic rings. The Kier molecular flexibility index (Phi) is 6.56. The molecule has 0 saturated carbocycles. The van der Waals surface area contributed by atoms with E-state index in [1.54, 1.807) is 11.0 Å². The summed E-state index contributed by atoms with van der Waals surface area (Å²) in [4.78, 5) is 27.5. The zero-order valence-electron chi connectivity index (χ0n) is 17.5. The Labute approximate surface area is 200 Å². The zero-order valence-corrected chi connectivity index (χ0v) is 19.8. The lowest BCUT2D eigenvalue weighted by molar-refractivity contribution is -0.144. The van der Waals surface area contributed by atoms with Gasteiger partial charge in [0.1, 0.15) is 0 Å². The van der Waals surface area contributed by atoms with Crippen LogP contribution in [0.2, 0.25) is 10.0 Å². The van der Waals surface area contributed by atoms with E-state index in [4.69, 9.17) is 28.3 Å². The van der Waals surface area contributed by atoms with Crippen molar-refractivity contribution in [1.82, 2.24) is 9.47 Å². The molecule has 0 aliphatic carbocycles. The molecule has 0 bridgehead atoms. The highest BCUT2D eigenvalue weighted by atomic mass is 35.5. The predicted octanol–water partition coefficient (Wildman–Crippen LogP) is 5.97. The molecule has 1 N–H and O–H groups in total. The summed E-state index contributed by atoms with van der Waals surface area (Å²) in [6, 6.07) is 11.9. The van der Waals surface area contributed by atoms with Gasteiger partial charge in [0.05, 0.1) is 16.0 Å². The van der Waals surface area contributed by atoms with Crippen molar-refractivity contribution in [2.75, 3.05) is 13.1 Å². The van der Waals surface area contributed by atoms with Gasteiger partial charge in [-0.1, -0.05) is 47.6 Å². The topological polar surface area (TPSA) is 62.5 Å². The summed E-state index contributed by atoms with van der Waals surface area (Å²) in [6.07, 6.45) is 2.89. The van der Waals surface area contributed by atoms with E-state index in [1.165, 1.54) is 11.8 Å². The van der Waals surface area contributed by atoms with Crippen LogP contribution in [0.5, 0.6) is 0 Å². The van der Waals surface area contributed by atoms with Crippen molar-refractivity contribution < 1.29 is 14.7 Å². The maximum absolute atomic E-state index is 12.9. The van der Waals surface area contributed by atoms with Gasteiger partial charge in [-0.05, 0) is 43.2 Å². The van der Waals surface area contributed by atoms with Gasteiger partial charge in [-0.3, -0.25) is 9.59 Å². The van der Waals surface area contributed by atoms with Crippen molar-refractivity contribution in [2.24, 2.45) is 13.0 Å². The Bertz CT molecular complexity index is 1230. The summed E-state index contributed by atoms with van der Waals surface area (Å²) in [5.41, 5.74) is 1.90. The summed E-state index contributed by atoms with van der Waals surface area (Å²) in [5.74, 6) is -1.47. The molecule has 1 aliphatic rings. The molecule has 1 saturated heterocycles. The Hall–Kier alpha value is -2.41. The number of rotatable bonds is 5. The Morgan fingerprint density at radius 1 is 1.09 bits per heavy atom. The average molecular weight is 489 g/mol. The van der Waals surface area contributed by atoms with Crippen LogP contribution in [0.15, 0.2) is 59.0 Å². The minimum absolute atomic E-state index is 0.248. The first-order valence-electron chi connectivity index (χ1n) is 10.2. The van der Waals surface area contributed by atoms with Crippen LogP contribution in [-0.2, 0) is 16.6 Å². The Morgan fingerprint density at radius 2 is 1.81 bits per heavy atom. The predicted molar refractivity (Wildman–Crippen MR) is 129 cm³/mol. The van der Waals surface area contributed by atoms with Gasteiger partial charge in [0, 0.05) is 58.2 Å². The number of hydrogen-bond acceptors (Lipinski definition) is 3. The van der Waals surface area contributed by atoms with Crippen LogP contribution in [-0.4, -0.2) is 39.5 Å². The molecule has 1 amide bonds. The largest absolute Gasteiger partial charge is 0.481 e. The SMILES string of the molecule is C=C(C(=O)N1CCC(C(=O)O)CC1)c1ccc(Sc2ccc3c(ccn3C)c2)c(Cl)c1Cl. The maximum Gasteiger partial charge on any atom is 0.306 e. The van der Waals surface area contributed by atoms with E-state index in [1.807, 2.05) is 25.4 Å². The number of amides is 1. The van der Waals surface area contributed by atoms with Crippen LogP contribution in [0.4, 0.5) is 0 Å². The smallest absolute Gasteiger partial charge is 0.306 e. The molecule has 5 nitrogen and oxygen atoms in total. The fourth-order valence-electron chi connectivity index (χ4n) is 3.93. The Morgan fingerprint density at radius 3 is 2.50 bits per heavy atom. The number of carbonyl (C=O) groups is 2. The molecule has 2 heterocycles. The number of aliphatic carboxylic acids is 1. The van der Waals surface area contributed by atoms with E-state index in [9.17, 15) is 9.59 Å². The second-order valence-electron chi connectivity index (χ2n) is 7.87. The van der Waals surface area contributed by atoms with E-state index < -0.39 is 11.9 Å². The molecule has 2 aromatic carbocycles. The first-order valence-corrected chi connectivity index (χ1v) is 11.8. The maximum atomic E-state index is 12.9. The number of hydrogen-bond donors (Lipinski definition) is 1. The highest BCUT2D eigenvalue weighted by Crippen LogP contribution is 2.41. The Balaban J connectivity index is 1.51. The number of aryl methyl sites for hydroxylation is 1. The zero-order chi connectivity index (χ0) is 23.0. The van der Waals surface area contributed by atoms with Crippen LogP contribution in [0, 0.1) is 5.92 Å². The van der Waals surface area contributed by atoms with Crippen molar-refractivity contribution in [3.05, 3.63) is 64.8 Å². The van der Waals surface area contributed by atoms with Crippen molar-refractivity contribution in [1.29, 1.82) is 0 Å². The number of likely N-dealkylation sites (tertiary alicyclic amines) is 1. The molecule has 1 fully saturated rings. The van der Waals surface area contributed by atoms with Crippen LogP contribution in [0.1, 0.15) is 18.4 Å². The van der Waals surface area contributed by atoms with Crippen molar-refractivity contribution in [2.45, 2.75) is 22.6 Å². The molecule has 0 radical (unpaired) electrons. The molecule has 0 spiro atoms. The summed E-state index contributed by atoms with van der Waals surface area (Å²) in [7, 11) is 2.01. The minimum Gasteiger partial charge on any atom is -0.481 e. The fourth-order valence-corrected chi connectivity index (χ4v) is 5.45. The second-order valence-corrected chi connectivity index (χ2v) is 9.74. The van der Waals surface area contributed by atoms with E-state index in [2.05, 4.69) is 29.3 Å². The fraction of sp³-hybridized carbons (Fsp3) is 0.250. The third-order valence-electron chi connectivity index (χ3n) is 5.85. The lowest BCUT2D eigenvalue weighted by Gasteiger charge is -2.30. The molecular weight excluding hydrogens is 467 g/mol. The highest BCUT2D eigenvalue weighted by Gasteiger charge is 2.29. The molecule has 166 valence electrons. The third-order valence-corrected chi connectivity index (χ3v) is 7.89. The van der Waals surface area contributed by atoms with E-state index in [0.717, 1.165) is 20.7 Å². The molecule has 8 heteroatoms. The number of carboxylic acids is 1. The monoisotopic (exact) mass is 488 g/mol. The van der Waals surface area contributed by atoms with E-state index in [0.29, 0.717) is 36.5 Å². The number of halogens is 2. The van der Waals surface area contributed by atoms with Gasteiger partial charge in [-0.2, -0.15) is 0 Å². The summed E-state index contributed by atoms with van der Waals surface area (Å²) >= 11 is 14.6. The summed E-state index contributed by atoms with van der Waals surface area (Å²) in [6.45, 7) is 4.72. The summed E-state index contributed by atoms with van der Waals surface area (Å²) in [5, 5.41) is 11.0. The normalized spacial score (nSPS) is 14.7. The minimum atomic E-state index is -0.815. The lowest BCUT2D eigenvalue weighted by Crippen LogP contribution is -2.40. The molecule has 32 heavy (non-hydrogen) atoms. The van der Waals surface area contributed by atoms with Crippen molar-refractivity contribution in [3.8, 4) is 0 Å². The van der Waals surface area contributed by atoms with Gasteiger partial charge >= 0.3 is 5.97 Å². The average Bonchev–Trinajstić information content (AvgIpc) is 3.16. The number of benzene rings is 2. The van der Waals surface area contributed by atoms with E-state index in [-0.39, 0.29) is 16.5 Å². The third kappa shape index (κ3) is 4.40. The van der Waals surface area contributed by atoms with Gasteiger partial charge in [-0.15, -0.1) is 0 Å².